The Kier molecular flexibility index (Phi) is 8.11. The van der Waals surface area contributed by atoms with Crippen molar-refractivity contribution < 1.29 is 9.53 Å². The van der Waals surface area contributed by atoms with Gasteiger partial charge in [0.25, 0.3) is 0 Å². The average Bonchev–Trinajstić information content (AvgIpc) is 2.70. The maximum Gasteiger partial charge on any atom is 0.320 e. The maximum absolute atomic E-state index is 11.9. The fourth-order valence-corrected chi connectivity index (χ4v) is 4.13. The van der Waals surface area contributed by atoms with Crippen LogP contribution in [0.3, 0.4) is 0 Å². The van der Waals surface area contributed by atoms with E-state index in [1.165, 1.54) is 18.4 Å². The van der Waals surface area contributed by atoms with Crippen LogP contribution in [0.5, 0.6) is 0 Å². The molecular formula is C22H35N3O2. The summed E-state index contributed by atoms with van der Waals surface area (Å²) in [6.45, 7) is 10.9. The van der Waals surface area contributed by atoms with Gasteiger partial charge in [-0.05, 0) is 24.8 Å². The smallest absolute Gasteiger partial charge is 0.320 e. The van der Waals surface area contributed by atoms with Crippen LogP contribution in [0.1, 0.15) is 38.2 Å². The minimum Gasteiger partial charge on any atom is -0.465 e. The quantitative estimate of drug-likeness (QED) is 0.517. The van der Waals surface area contributed by atoms with E-state index in [0.717, 1.165) is 58.7 Å². The van der Waals surface area contributed by atoms with E-state index in [9.17, 15) is 4.79 Å². The molecule has 150 valence electrons. The van der Waals surface area contributed by atoms with Crippen molar-refractivity contribution in [2.45, 2.75) is 45.2 Å². The maximum atomic E-state index is 11.9. The summed E-state index contributed by atoms with van der Waals surface area (Å²) in [6.07, 6.45) is 4.36. The predicted octanol–water partition coefficient (Wildman–Crippen LogP) is 2.61. The first-order valence-corrected chi connectivity index (χ1v) is 10.6. The first kappa shape index (κ1) is 20.3. The molecule has 1 aromatic rings. The molecule has 0 aliphatic carbocycles. The molecule has 2 fully saturated rings. The summed E-state index contributed by atoms with van der Waals surface area (Å²) in [4.78, 5) is 19.4. The van der Waals surface area contributed by atoms with Crippen LogP contribution in [-0.2, 0) is 16.1 Å². The number of esters is 1. The number of likely N-dealkylation sites (tertiary alicyclic amines) is 1. The van der Waals surface area contributed by atoms with E-state index >= 15 is 0 Å². The van der Waals surface area contributed by atoms with Crippen molar-refractivity contribution in [2.24, 2.45) is 0 Å². The van der Waals surface area contributed by atoms with Crippen LogP contribution >= 0.6 is 0 Å². The number of piperazine rings is 1. The SMILES string of the molecule is CCCCOC(=O)CN1CCC(N2CCN(Cc3ccccc3)CC2)CC1. The van der Waals surface area contributed by atoms with Gasteiger partial charge >= 0.3 is 5.97 Å². The topological polar surface area (TPSA) is 36.0 Å². The van der Waals surface area contributed by atoms with Crippen LogP contribution in [0.25, 0.3) is 0 Å². The average molecular weight is 374 g/mol. The van der Waals surface area contributed by atoms with E-state index in [1.54, 1.807) is 0 Å². The summed E-state index contributed by atoms with van der Waals surface area (Å²) >= 11 is 0. The van der Waals surface area contributed by atoms with E-state index in [4.69, 9.17) is 4.74 Å². The minimum atomic E-state index is -0.0589. The lowest BCUT2D eigenvalue weighted by Gasteiger charge is -2.42. The number of unbranched alkanes of at least 4 members (excludes halogenated alkanes) is 1. The Morgan fingerprint density at radius 3 is 2.37 bits per heavy atom. The lowest BCUT2D eigenvalue weighted by Crippen LogP contribution is -2.53. The highest BCUT2D eigenvalue weighted by atomic mass is 16.5. The van der Waals surface area contributed by atoms with Gasteiger partial charge in [-0.2, -0.15) is 0 Å². The monoisotopic (exact) mass is 373 g/mol. The molecule has 0 atom stereocenters. The summed E-state index contributed by atoms with van der Waals surface area (Å²) in [7, 11) is 0. The van der Waals surface area contributed by atoms with Crippen molar-refractivity contribution in [1.82, 2.24) is 14.7 Å². The summed E-state index contributed by atoms with van der Waals surface area (Å²) < 4.78 is 5.29. The third kappa shape index (κ3) is 6.59. The molecule has 0 aromatic heterocycles. The van der Waals surface area contributed by atoms with E-state index < -0.39 is 0 Å². The highest BCUT2D eigenvalue weighted by molar-refractivity contribution is 5.71. The van der Waals surface area contributed by atoms with E-state index in [0.29, 0.717) is 19.2 Å². The fourth-order valence-electron chi connectivity index (χ4n) is 4.13. The highest BCUT2D eigenvalue weighted by Gasteiger charge is 2.28. The number of carbonyl (C=O) groups excluding carboxylic acids is 1. The van der Waals surface area contributed by atoms with Crippen LogP contribution < -0.4 is 0 Å². The van der Waals surface area contributed by atoms with Gasteiger partial charge in [0.1, 0.15) is 0 Å². The van der Waals surface area contributed by atoms with Gasteiger partial charge in [-0.1, -0.05) is 43.7 Å². The van der Waals surface area contributed by atoms with Gasteiger partial charge < -0.3 is 4.74 Å². The summed E-state index contributed by atoms with van der Waals surface area (Å²) in [5.41, 5.74) is 1.41. The zero-order chi connectivity index (χ0) is 18.9. The molecule has 0 bridgehead atoms. The number of hydrogen-bond donors (Lipinski definition) is 0. The largest absolute Gasteiger partial charge is 0.465 e. The molecule has 1 aromatic carbocycles. The molecule has 27 heavy (non-hydrogen) atoms. The molecule has 3 rings (SSSR count). The van der Waals surface area contributed by atoms with Crippen molar-refractivity contribution in [1.29, 1.82) is 0 Å². The summed E-state index contributed by atoms with van der Waals surface area (Å²) in [5, 5.41) is 0. The van der Waals surface area contributed by atoms with Crippen LogP contribution in [0.4, 0.5) is 0 Å². The Balaban J connectivity index is 1.33. The normalized spacial score (nSPS) is 20.6. The Bertz CT molecular complexity index is 550. The van der Waals surface area contributed by atoms with E-state index in [1.807, 2.05) is 0 Å². The van der Waals surface area contributed by atoms with Crippen LogP contribution in [0.2, 0.25) is 0 Å². The number of benzene rings is 1. The van der Waals surface area contributed by atoms with Gasteiger partial charge in [-0.25, -0.2) is 0 Å². The third-order valence-electron chi connectivity index (χ3n) is 5.84. The predicted molar refractivity (Wildman–Crippen MR) is 109 cm³/mol. The van der Waals surface area contributed by atoms with Gasteiger partial charge in [0.05, 0.1) is 13.2 Å². The fraction of sp³-hybridized carbons (Fsp3) is 0.682. The van der Waals surface area contributed by atoms with Crippen LogP contribution in [0.15, 0.2) is 30.3 Å². The lowest BCUT2D eigenvalue weighted by molar-refractivity contribution is -0.145. The van der Waals surface area contributed by atoms with Gasteiger partial charge in [0, 0.05) is 51.9 Å². The second-order valence-corrected chi connectivity index (χ2v) is 7.88. The van der Waals surface area contributed by atoms with Gasteiger partial charge in [-0.3, -0.25) is 19.5 Å². The second kappa shape index (κ2) is 10.8. The molecule has 5 nitrogen and oxygen atoms in total. The standard InChI is InChI=1S/C22H35N3O2/c1-2-3-17-27-22(26)19-23-11-9-21(10-12-23)25-15-13-24(14-16-25)18-20-7-5-4-6-8-20/h4-8,21H,2-3,9-19H2,1H3. The molecule has 2 aliphatic rings. The van der Waals surface area contributed by atoms with Crippen LogP contribution in [-0.4, -0.2) is 79.1 Å². The summed E-state index contributed by atoms with van der Waals surface area (Å²) in [5.74, 6) is -0.0589. The molecule has 2 heterocycles. The van der Waals surface area contributed by atoms with Crippen molar-refractivity contribution in [2.75, 3.05) is 52.4 Å². The Morgan fingerprint density at radius 1 is 1.00 bits per heavy atom. The second-order valence-electron chi connectivity index (χ2n) is 7.88. The van der Waals surface area contributed by atoms with Crippen LogP contribution in [0, 0.1) is 0 Å². The number of ether oxygens (including phenoxy) is 1. The lowest BCUT2D eigenvalue weighted by atomic mass is 10.0. The number of hydrogen-bond acceptors (Lipinski definition) is 5. The molecule has 0 unspecified atom stereocenters. The van der Waals surface area contributed by atoms with Crippen molar-refractivity contribution >= 4 is 5.97 Å². The van der Waals surface area contributed by atoms with Gasteiger partial charge in [-0.15, -0.1) is 0 Å². The van der Waals surface area contributed by atoms with Crippen molar-refractivity contribution in [3.63, 3.8) is 0 Å². The summed E-state index contributed by atoms with van der Waals surface area (Å²) in [6, 6.07) is 11.4. The molecular weight excluding hydrogens is 338 g/mol. The zero-order valence-electron chi connectivity index (χ0n) is 16.8. The third-order valence-corrected chi connectivity index (χ3v) is 5.84. The first-order valence-electron chi connectivity index (χ1n) is 10.6. The number of rotatable bonds is 8. The molecule has 0 spiro atoms. The van der Waals surface area contributed by atoms with Crippen molar-refractivity contribution in [3.05, 3.63) is 35.9 Å². The van der Waals surface area contributed by atoms with Gasteiger partial charge in [0.15, 0.2) is 0 Å². The number of carbonyl (C=O) groups is 1. The van der Waals surface area contributed by atoms with Crippen molar-refractivity contribution in [3.8, 4) is 0 Å². The number of piperidine rings is 1. The Morgan fingerprint density at radius 2 is 1.70 bits per heavy atom. The molecule has 2 aliphatic heterocycles. The molecule has 0 radical (unpaired) electrons. The van der Waals surface area contributed by atoms with E-state index in [2.05, 4.69) is 52.0 Å². The molecule has 0 saturated carbocycles. The van der Waals surface area contributed by atoms with Gasteiger partial charge in [0.2, 0.25) is 0 Å². The van der Waals surface area contributed by atoms with E-state index in [-0.39, 0.29) is 5.97 Å². The molecule has 0 amide bonds. The molecule has 0 N–H and O–H groups in total. The Labute approximate surface area is 164 Å². The Hall–Kier alpha value is -1.43. The number of nitrogens with zero attached hydrogens (tertiary/aromatic N) is 3. The highest BCUT2D eigenvalue weighted by Crippen LogP contribution is 2.19. The minimum absolute atomic E-state index is 0.0589. The zero-order valence-corrected chi connectivity index (χ0v) is 16.8. The first-order chi connectivity index (χ1) is 13.2. The molecule has 5 heteroatoms. The molecule has 2 saturated heterocycles.